The molecule has 3 rings (SSSR count). The molecule has 1 aromatic carbocycles. The van der Waals surface area contributed by atoms with Crippen LogP contribution in [0.25, 0.3) is 0 Å². The van der Waals surface area contributed by atoms with Gasteiger partial charge in [-0.3, -0.25) is 4.79 Å². The van der Waals surface area contributed by atoms with Gasteiger partial charge in [-0.15, -0.1) is 0 Å². The van der Waals surface area contributed by atoms with E-state index in [4.69, 9.17) is 0 Å². The molecule has 3 amide bonds. The summed E-state index contributed by atoms with van der Waals surface area (Å²) in [5.41, 5.74) is 2.70. The van der Waals surface area contributed by atoms with Gasteiger partial charge >= 0.3 is 6.03 Å². The van der Waals surface area contributed by atoms with Crippen molar-refractivity contribution in [2.24, 2.45) is 0 Å². The molecule has 21 heavy (non-hydrogen) atoms. The van der Waals surface area contributed by atoms with Crippen LogP contribution in [0.3, 0.4) is 0 Å². The topological polar surface area (TPSA) is 61.4 Å². The molecule has 112 valence electrons. The first-order chi connectivity index (χ1) is 10.2. The molecule has 1 aliphatic carbocycles. The molecule has 0 bridgehead atoms. The minimum Gasteiger partial charge on any atom is -0.354 e. The van der Waals surface area contributed by atoms with E-state index in [1.54, 1.807) is 4.90 Å². The van der Waals surface area contributed by atoms with Crippen LogP contribution in [0.5, 0.6) is 0 Å². The molecule has 1 heterocycles. The molecule has 1 saturated heterocycles. The summed E-state index contributed by atoms with van der Waals surface area (Å²) in [5.74, 6) is 0.424. The number of benzene rings is 1. The van der Waals surface area contributed by atoms with E-state index in [9.17, 15) is 9.59 Å². The Hall–Kier alpha value is -2.04. The van der Waals surface area contributed by atoms with Crippen LogP contribution >= 0.6 is 0 Å². The fraction of sp³-hybridized carbons (Fsp3) is 0.500. The molecule has 1 aromatic rings. The lowest BCUT2D eigenvalue weighted by Gasteiger charge is -2.15. The average molecular weight is 287 g/mol. The second-order valence-corrected chi connectivity index (χ2v) is 5.71. The number of carbonyl (C=O) groups excluding carboxylic acids is 2. The maximum Gasteiger partial charge on any atom is 0.317 e. The minimum atomic E-state index is -0.0334. The molecule has 5 nitrogen and oxygen atoms in total. The normalized spacial score (nSPS) is 20.3. The zero-order chi connectivity index (χ0) is 14.7. The van der Waals surface area contributed by atoms with E-state index >= 15 is 0 Å². The molecule has 1 aliphatic heterocycles. The molecule has 2 aliphatic rings. The predicted molar refractivity (Wildman–Crippen MR) is 80.1 cm³/mol. The lowest BCUT2D eigenvalue weighted by molar-refractivity contribution is -0.121. The monoisotopic (exact) mass is 287 g/mol. The highest BCUT2D eigenvalue weighted by atomic mass is 16.2. The van der Waals surface area contributed by atoms with Crippen LogP contribution in [0, 0.1) is 0 Å². The summed E-state index contributed by atoms with van der Waals surface area (Å²) in [6, 6.07) is 8.35. The lowest BCUT2D eigenvalue weighted by Crippen LogP contribution is -2.37. The van der Waals surface area contributed by atoms with Crippen LogP contribution in [0.2, 0.25) is 0 Å². The Balaban J connectivity index is 1.44. The van der Waals surface area contributed by atoms with Gasteiger partial charge in [-0.2, -0.15) is 0 Å². The van der Waals surface area contributed by atoms with Gasteiger partial charge < -0.3 is 15.5 Å². The van der Waals surface area contributed by atoms with Crippen molar-refractivity contribution in [3.8, 4) is 0 Å². The van der Waals surface area contributed by atoms with E-state index in [1.807, 2.05) is 6.07 Å². The fourth-order valence-corrected chi connectivity index (χ4v) is 3.21. The number of hydrogen-bond acceptors (Lipinski definition) is 2. The first kappa shape index (κ1) is 13.9. The molecular formula is C16H21N3O2. The molecule has 1 unspecified atom stereocenters. The van der Waals surface area contributed by atoms with Crippen molar-refractivity contribution >= 4 is 11.9 Å². The molecule has 0 aromatic heterocycles. The van der Waals surface area contributed by atoms with E-state index < -0.39 is 0 Å². The number of urea groups is 1. The number of nitrogens with one attached hydrogen (secondary N) is 2. The van der Waals surface area contributed by atoms with Crippen LogP contribution in [-0.4, -0.2) is 43.0 Å². The Morgan fingerprint density at radius 3 is 3.05 bits per heavy atom. The third kappa shape index (κ3) is 3.17. The van der Waals surface area contributed by atoms with E-state index in [-0.39, 0.29) is 11.9 Å². The van der Waals surface area contributed by atoms with Crippen molar-refractivity contribution in [3.05, 3.63) is 35.4 Å². The molecule has 2 N–H and O–H groups in total. The molecule has 1 atom stereocenters. The average Bonchev–Trinajstić information content (AvgIpc) is 3.07. The Bertz CT molecular complexity index is 544. The van der Waals surface area contributed by atoms with E-state index in [0.717, 1.165) is 19.4 Å². The van der Waals surface area contributed by atoms with Crippen molar-refractivity contribution < 1.29 is 9.59 Å². The summed E-state index contributed by atoms with van der Waals surface area (Å²) in [6.45, 7) is 2.54. The first-order valence-electron chi connectivity index (χ1n) is 7.61. The summed E-state index contributed by atoms with van der Waals surface area (Å²) in [6.07, 6.45) is 2.67. The molecular weight excluding hydrogens is 266 g/mol. The largest absolute Gasteiger partial charge is 0.354 e. The maximum absolute atomic E-state index is 12.0. The predicted octanol–water partition coefficient (Wildman–Crippen LogP) is 1.25. The zero-order valence-corrected chi connectivity index (χ0v) is 12.1. The number of amides is 3. The standard InChI is InChI=1S/C16H21N3O2/c20-15(17-7-9-19-10-8-18-16(19)21)11-13-6-5-12-3-1-2-4-14(12)13/h1-4,13H,5-11H2,(H,17,20)(H,18,21). The Morgan fingerprint density at radius 2 is 2.24 bits per heavy atom. The Kier molecular flexibility index (Phi) is 4.08. The lowest BCUT2D eigenvalue weighted by atomic mass is 9.97. The smallest absolute Gasteiger partial charge is 0.317 e. The van der Waals surface area contributed by atoms with Crippen LogP contribution < -0.4 is 10.6 Å². The number of aryl methyl sites for hydroxylation is 1. The van der Waals surface area contributed by atoms with Gasteiger partial charge in [-0.25, -0.2) is 4.79 Å². The van der Waals surface area contributed by atoms with Gasteiger partial charge in [-0.1, -0.05) is 24.3 Å². The van der Waals surface area contributed by atoms with Crippen molar-refractivity contribution in [1.82, 2.24) is 15.5 Å². The molecule has 5 heteroatoms. The van der Waals surface area contributed by atoms with Crippen LogP contribution in [0.4, 0.5) is 4.79 Å². The highest BCUT2D eigenvalue weighted by molar-refractivity contribution is 5.78. The van der Waals surface area contributed by atoms with Crippen molar-refractivity contribution in [3.63, 3.8) is 0 Å². The van der Waals surface area contributed by atoms with Gasteiger partial charge in [0.05, 0.1) is 0 Å². The van der Waals surface area contributed by atoms with Crippen LogP contribution in [0.1, 0.15) is 29.9 Å². The maximum atomic E-state index is 12.0. The number of fused-ring (bicyclic) bond motifs is 1. The summed E-state index contributed by atoms with van der Waals surface area (Å²) in [7, 11) is 0. The van der Waals surface area contributed by atoms with Gasteiger partial charge in [0.15, 0.2) is 0 Å². The highest BCUT2D eigenvalue weighted by Crippen LogP contribution is 2.34. The van der Waals surface area contributed by atoms with Gasteiger partial charge in [-0.05, 0) is 29.9 Å². The molecule has 0 spiro atoms. The molecule has 0 saturated carbocycles. The van der Waals surface area contributed by atoms with Gasteiger partial charge in [0, 0.05) is 32.6 Å². The summed E-state index contributed by atoms with van der Waals surface area (Å²) >= 11 is 0. The fourth-order valence-electron chi connectivity index (χ4n) is 3.21. The number of nitrogens with zero attached hydrogens (tertiary/aromatic N) is 1. The van der Waals surface area contributed by atoms with Crippen molar-refractivity contribution in [1.29, 1.82) is 0 Å². The summed E-state index contributed by atoms with van der Waals surface area (Å²) < 4.78 is 0. The minimum absolute atomic E-state index is 0.0334. The highest BCUT2D eigenvalue weighted by Gasteiger charge is 2.24. The molecule has 1 fully saturated rings. The van der Waals surface area contributed by atoms with Crippen molar-refractivity contribution in [2.45, 2.75) is 25.2 Å². The SMILES string of the molecule is O=C(CC1CCc2ccccc21)NCCN1CCNC1=O. The second-order valence-electron chi connectivity index (χ2n) is 5.71. The van der Waals surface area contributed by atoms with Gasteiger partial charge in [0.2, 0.25) is 5.91 Å². The zero-order valence-electron chi connectivity index (χ0n) is 12.1. The van der Waals surface area contributed by atoms with Crippen LogP contribution in [0.15, 0.2) is 24.3 Å². The summed E-state index contributed by atoms with van der Waals surface area (Å²) in [4.78, 5) is 25.1. The van der Waals surface area contributed by atoms with E-state index in [2.05, 4.69) is 28.8 Å². The molecule has 0 radical (unpaired) electrons. The number of rotatable bonds is 5. The summed E-state index contributed by atoms with van der Waals surface area (Å²) in [5, 5.41) is 5.68. The third-order valence-electron chi connectivity index (χ3n) is 4.34. The van der Waals surface area contributed by atoms with Crippen molar-refractivity contribution in [2.75, 3.05) is 26.2 Å². The Morgan fingerprint density at radius 1 is 1.38 bits per heavy atom. The third-order valence-corrected chi connectivity index (χ3v) is 4.34. The quantitative estimate of drug-likeness (QED) is 0.856. The number of hydrogen-bond donors (Lipinski definition) is 2. The van der Waals surface area contributed by atoms with Gasteiger partial charge in [0.1, 0.15) is 0 Å². The Labute approximate surface area is 124 Å². The van der Waals surface area contributed by atoms with E-state index in [1.165, 1.54) is 11.1 Å². The van der Waals surface area contributed by atoms with Gasteiger partial charge in [0.25, 0.3) is 0 Å². The first-order valence-corrected chi connectivity index (χ1v) is 7.61. The number of carbonyl (C=O) groups is 2. The second kappa shape index (κ2) is 6.16. The van der Waals surface area contributed by atoms with Crippen LogP contribution in [-0.2, 0) is 11.2 Å². The van der Waals surface area contributed by atoms with E-state index in [0.29, 0.717) is 32.0 Å².